The van der Waals surface area contributed by atoms with Gasteiger partial charge in [-0.25, -0.2) is 4.79 Å². The minimum absolute atomic E-state index is 0.136. The van der Waals surface area contributed by atoms with Crippen molar-refractivity contribution in [1.29, 1.82) is 5.26 Å². The number of nitrogens with one attached hydrogen (secondary N) is 1. The lowest BCUT2D eigenvalue weighted by Gasteiger charge is -2.35. The van der Waals surface area contributed by atoms with E-state index < -0.39 is 12.1 Å². The number of carbonyl (C=O) groups is 2. The third-order valence-corrected chi connectivity index (χ3v) is 4.94. The van der Waals surface area contributed by atoms with E-state index in [9.17, 15) is 9.59 Å². The van der Waals surface area contributed by atoms with Gasteiger partial charge in [0.1, 0.15) is 0 Å². The summed E-state index contributed by atoms with van der Waals surface area (Å²) in [4.78, 5) is 24.4. The van der Waals surface area contributed by atoms with Crippen LogP contribution >= 0.6 is 0 Å². The number of hydrogen-bond acceptors (Lipinski definition) is 4. The first-order chi connectivity index (χ1) is 11.4. The summed E-state index contributed by atoms with van der Waals surface area (Å²) < 4.78 is 5.24. The molecular weight excluding hydrogens is 304 g/mol. The monoisotopic (exact) mass is 328 g/mol. The SMILES string of the molecule is C[C@@H]1[C@@H](C)CCC[C@H]1NC(=O)[C@@H](C)OC(=O)c1ccc(C#N)cc1. The molecule has 0 unspecified atom stereocenters. The van der Waals surface area contributed by atoms with Crippen LogP contribution in [0.2, 0.25) is 0 Å². The van der Waals surface area contributed by atoms with Gasteiger partial charge in [-0.3, -0.25) is 4.79 Å². The predicted molar refractivity (Wildman–Crippen MR) is 90.1 cm³/mol. The van der Waals surface area contributed by atoms with E-state index in [4.69, 9.17) is 10.00 Å². The van der Waals surface area contributed by atoms with E-state index in [0.29, 0.717) is 23.0 Å². The van der Waals surface area contributed by atoms with E-state index >= 15 is 0 Å². The first-order valence-electron chi connectivity index (χ1n) is 8.44. The van der Waals surface area contributed by atoms with Gasteiger partial charge in [0.2, 0.25) is 0 Å². The molecule has 0 spiro atoms. The second kappa shape index (κ2) is 7.96. The standard InChI is InChI=1S/C19H24N2O3/c1-12-5-4-6-17(13(12)2)21-18(22)14(3)24-19(23)16-9-7-15(11-20)8-10-16/h7-10,12-14,17H,4-6H2,1-3H3,(H,21,22)/t12-,13+,14+,17+/m0/s1. The van der Waals surface area contributed by atoms with Crippen LogP contribution < -0.4 is 5.32 Å². The smallest absolute Gasteiger partial charge is 0.338 e. The van der Waals surface area contributed by atoms with E-state index in [1.807, 2.05) is 6.07 Å². The third-order valence-electron chi connectivity index (χ3n) is 4.94. The summed E-state index contributed by atoms with van der Waals surface area (Å²) in [6.07, 6.45) is 2.41. The van der Waals surface area contributed by atoms with Crippen molar-refractivity contribution < 1.29 is 14.3 Å². The van der Waals surface area contributed by atoms with Crippen molar-refractivity contribution in [2.45, 2.75) is 52.2 Å². The number of benzene rings is 1. The molecule has 0 saturated heterocycles. The molecule has 4 atom stereocenters. The van der Waals surface area contributed by atoms with Gasteiger partial charge in [-0.2, -0.15) is 5.26 Å². The van der Waals surface area contributed by atoms with Gasteiger partial charge in [-0.05, 0) is 49.4 Å². The lowest BCUT2D eigenvalue weighted by molar-refractivity contribution is -0.130. The van der Waals surface area contributed by atoms with Crippen LogP contribution in [-0.4, -0.2) is 24.0 Å². The zero-order chi connectivity index (χ0) is 17.7. The summed E-state index contributed by atoms with van der Waals surface area (Å²) in [5.74, 6) is 0.180. The van der Waals surface area contributed by atoms with Crippen LogP contribution in [0, 0.1) is 23.2 Å². The van der Waals surface area contributed by atoms with Gasteiger partial charge in [0.05, 0.1) is 17.2 Å². The number of rotatable bonds is 4. The van der Waals surface area contributed by atoms with Gasteiger partial charge in [-0.15, -0.1) is 0 Å². The second-order valence-electron chi connectivity index (χ2n) is 6.62. The molecule has 1 N–H and O–H groups in total. The van der Waals surface area contributed by atoms with Crippen LogP contribution in [0.3, 0.4) is 0 Å². The largest absolute Gasteiger partial charge is 0.449 e. The van der Waals surface area contributed by atoms with Crippen LogP contribution in [0.4, 0.5) is 0 Å². The maximum atomic E-state index is 12.3. The Kier molecular flexibility index (Phi) is 5.97. The molecular formula is C19H24N2O3. The molecule has 1 aliphatic rings. The molecule has 0 heterocycles. The Morgan fingerprint density at radius 2 is 1.92 bits per heavy atom. The van der Waals surface area contributed by atoms with Crippen molar-refractivity contribution in [3.8, 4) is 6.07 Å². The fraction of sp³-hybridized carbons (Fsp3) is 0.526. The van der Waals surface area contributed by atoms with Crippen molar-refractivity contribution in [2.24, 2.45) is 11.8 Å². The summed E-state index contributed by atoms with van der Waals surface area (Å²) in [5.41, 5.74) is 0.797. The Morgan fingerprint density at radius 3 is 2.54 bits per heavy atom. The molecule has 1 amide bonds. The average Bonchev–Trinajstić information content (AvgIpc) is 2.58. The highest BCUT2D eigenvalue weighted by atomic mass is 16.5. The van der Waals surface area contributed by atoms with E-state index in [2.05, 4.69) is 19.2 Å². The molecule has 1 aliphatic carbocycles. The number of hydrogen-bond donors (Lipinski definition) is 1. The number of esters is 1. The van der Waals surface area contributed by atoms with Crippen molar-refractivity contribution in [3.63, 3.8) is 0 Å². The topological polar surface area (TPSA) is 79.2 Å². The summed E-state index contributed by atoms with van der Waals surface area (Å²) in [6.45, 7) is 5.94. The van der Waals surface area contributed by atoms with E-state index in [1.54, 1.807) is 19.1 Å². The minimum Gasteiger partial charge on any atom is -0.449 e. The van der Waals surface area contributed by atoms with E-state index in [-0.39, 0.29) is 11.9 Å². The molecule has 0 aliphatic heterocycles. The molecule has 1 fully saturated rings. The molecule has 0 bridgehead atoms. The fourth-order valence-electron chi connectivity index (χ4n) is 3.05. The van der Waals surface area contributed by atoms with E-state index in [0.717, 1.165) is 12.8 Å². The Bertz CT molecular complexity index is 633. The second-order valence-corrected chi connectivity index (χ2v) is 6.62. The van der Waals surface area contributed by atoms with Gasteiger partial charge in [0.15, 0.2) is 6.10 Å². The molecule has 5 heteroatoms. The highest BCUT2D eigenvalue weighted by Crippen LogP contribution is 2.29. The molecule has 2 rings (SSSR count). The van der Waals surface area contributed by atoms with Crippen LogP contribution in [0.5, 0.6) is 0 Å². The molecule has 1 aromatic rings. The Hall–Kier alpha value is -2.35. The number of nitrogens with zero attached hydrogens (tertiary/aromatic N) is 1. The molecule has 24 heavy (non-hydrogen) atoms. The zero-order valence-corrected chi connectivity index (χ0v) is 14.4. The first kappa shape index (κ1) is 18.0. The van der Waals surface area contributed by atoms with Gasteiger partial charge in [0.25, 0.3) is 5.91 Å². The van der Waals surface area contributed by atoms with Crippen molar-refractivity contribution >= 4 is 11.9 Å². The van der Waals surface area contributed by atoms with Crippen LogP contribution in [-0.2, 0) is 9.53 Å². The molecule has 5 nitrogen and oxygen atoms in total. The predicted octanol–water partition coefficient (Wildman–Crippen LogP) is 3.04. The molecule has 0 radical (unpaired) electrons. The van der Waals surface area contributed by atoms with Gasteiger partial charge in [-0.1, -0.05) is 26.7 Å². The highest BCUT2D eigenvalue weighted by Gasteiger charge is 2.30. The third kappa shape index (κ3) is 4.35. The van der Waals surface area contributed by atoms with Crippen molar-refractivity contribution in [2.75, 3.05) is 0 Å². The van der Waals surface area contributed by atoms with Gasteiger partial charge in [0, 0.05) is 6.04 Å². The maximum Gasteiger partial charge on any atom is 0.338 e. The zero-order valence-electron chi connectivity index (χ0n) is 14.4. The summed E-state index contributed by atoms with van der Waals surface area (Å²) in [5, 5.41) is 11.8. The first-order valence-corrected chi connectivity index (χ1v) is 8.44. The number of amides is 1. The van der Waals surface area contributed by atoms with Gasteiger partial charge >= 0.3 is 5.97 Å². The Morgan fingerprint density at radius 1 is 1.25 bits per heavy atom. The molecule has 1 aromatic carbocycles. The minimum atomic E-state index is -0.849. The van der Waals surface area contributed by atoms with Crippen molar-refractivity contribution in [3.05, 3.63) is 35.4 Å². The molecule has 0 aromatic heterocycles. The van der Waals surface area contributed by atoms with E-state index in [1.165, 1.54) is 18.6 Å². The fourth-order valence-corrected chi connectivity index (χ4v) is 3.05. The Balaban J connectivity index is 1.90. The highest BCUT2D eigenvalue weighted by molar-refractivity contribution is 5.92. The summed E-state index contributed by atoms with van der Waals surface area (Å²) in [7, 11) is 0. The summed E-state index contributed by atoms with van der Waals surface area (Å²) >= 11 is 0. The van der Waals surface area contributed by atoms with Gasteiger partial charge < -0.3 is 10.1 Å². The number of ether oxygens (including phenoxy) is 1. The van der Waals surface area contributed by atoms with Crippen LogP contribution in [0.15, 0.2) is 24.3 Å². The Labute approximate surface area is 143 Å². The molecule has 1 saturated carbocycles. The number of nitriles is 1. The number of carbonyl (C=O) groups excluding carboxylic acids is 2. The van der Waals surface area contributed by atoms with Crippen LogP contribution in [0.1, 0.15) is 56.0 Å². The lowest BCUT2D eigenvalue weighted by atomic mass is 9.78. The van der Waals surface area contributed by atoms with Crippen molar-refractivity contribution in [1.82, 2.24) is 5.32 Å². The van der Waals surface area contributed by atoms with Crippen LogP contribution in [0.25, 0.3) is 0 Å². The quantitative estimate of drug-likeness (QED) is 0.862. The normalized spacial score (nSPS) is 24.5. The summed E-state index contributed by atoms with van der Waals surface area (Å²) in [6, 6.07) is 8.27. The maximum absolute atomic E-state index is 12.3. The molecule has 128 valence electrons. The average molecular weight is 328 g/mol. The lowest BCUT2D eigenvalue weighted by Crippen LogP contribution is -2.47.